The molecule has 0 saturated heterocycles. The topological polar surface area (TPSA) is 119 Å². The van der Waals surface area contributed by atoms with E-state index >= 15 is 0 Å². The lowest BCUT2D eigenvalue weighted by atomic mass is 10.1. The fraction of sp³-hybridized carbons (Fsp3) is 0. The van der Waals surface area contributed by atoms with Crippen molar-refractivity contribution in [3.8, 4) is 17.1 Å². The summed E-state index contributed by atoms with van der Waals surface area (Å²) in [5.41, 5.74) is 0.986. The van der Waals surface area contributed by atoms with Gasteiger partial charge in [-0.25, -0.2) is 4.98 Å². The first-order valence-corrected chi connectivity index (χ1v) is 6.82. The number of nitrogens with zero attached hydrogens (tertiary/aromatic N) is 2. The molecular weight excluding hydrogens is 314 g/mol. The minimum absolute atomic E-state index is 0.109. The minimum Gasteiger partial charge on any atom is -0.502 e. The summed E-state index contributed by atoms with van der Waals surface area (Å²) in [6.45, 7) is 0. The number of carbonyl (C=O) groups is 1. The predicted molar refractivity (Wildman–Crippen MR) is 84.7 cm³/mol. The first-order valence-electron chi connectivity index (χ1n) is 6.82. The van der Waals surface area contributed by atoms with Gasteiger partial charge in [0.05, 0.1) is 11.1 Å². The second-order valence-electron chi connectivity index (χ2n) is 4.86. The van der Waals surface area contributed by atoms with E-state index in [4.69, 9.17) is 4.42 Å². The molecule has 0 aliphatic carbocycles. The molecule has 120 valence electrons. The smallest absolute Gasteiger partial charge is 0.310 e. The van der Waals surface area contributed by atoms with Crippen LogP contribution in [0.15, 0.2) is 59.5 Å². The van der Waals surface area contributed by atoms with Crippen molar-refractivity contribution >= 4 is 17.3 Å². The third-order valence-corrected chi connectivity index (χ3v) is 3.29. The number of nitro benzene ring substituents is 1. The van der Waals surface area contributed by atoms with Crippen LogP contribution in [0.3, 0.4) is 0 Å². The number of anilines is 1. The molecule has 0 saturated carbocycles. The number of nitro groups is 1. The molecule has 3 rings (SSSR count). The van der Waals surface area contributed by atoms with E-state index in [0.29, 0.717) is 11.4 Å². The van der Waals surface area contributed by atoms with Crippen LogP contribution in [0.4, 0.5) is 11.4 Å². The van der Waals surface area contributed by atoms with Crippen LogP contribution in [0.25, 0.3) is 11.3 Å². The lowest BCUT2D eigenvalue weighted by Gasteiger charge is -2.06. The van der Waals surface area contributed by atoms with Crippen LogP contribution < -0.4 is 5.32 Å². The highest BCUT2D eigenvalue weighted by Crippen LogP contribution is 2.27. The van der Waals surface area contributed by atoms with Gasteiger partial charge in [-0.05, 0) is 36.4 Å². The molecular formula is C16H11N3O5. The average Bonchev–Trinajstić information content (AvgIpc) is 3.09. The minimum atomic E-state index is -0.723. The van der Waals surface area contributed by atoms with Crippen LogP contribution in [0.1, 0.15) is 10.4 Å². The normalized spacial score (nSPS) is 10.3. The van der Waals surface area contributed by atoms with Crippen molar-refractivity contribution < 1.29 is 19.2 Å². The Balaban J connectivity index is 1.75. The number of oxazole rings is 1. The van der Waals surface area contributed by atoms with Crippen LogP contribution >= 0.6 is 0 Å². The van der Waals surface area contributed by atoms with E-state index in [-0.39, 0.29) is 5.56 Å². The fourth-order valence-corrected chi connectivity index (χ4v) is 2.10. The molecule has 1 aromatic heterocycles. The lowest BCUT2D eigenvalue weighted by molar-refractivity contribution is -0.385. The Kier molecular flexibility index (Phi) is 3.94. The highest BCUT2D eigenvalue weighted by molar-refractivity contribution is 6.04. The molecule has 0 unspecified atom stereocenters. The molecule has 3 aromatic rings. The molecule has 1 amide bonds. The van der Waals surface area contributed by atoms with Crippen LogP contribution in [0.5, 0.6) is 5.75 Å². The van der Waals surface area contributed by atoms with Gasteiger partial charge in [-0.1, -0.05) is 0 Å². The van der Waals surface area contributed by atoms with E-state index in [1.807, 2.05) is 0 Å². The molecule has 0 aliphatic rings. The highest BCUT2D eigenvalue weighted by atomic mass is 16.6. The number of hydrogen-bond acceptors (Lipinski definition) is 6. The van der Waals surface area contributed by atoms with E-state index in [1.165, 1.54) is 12.5 Å². The van der Waals surface area contributed by atoms with E-state index in [9.17, 15) is 20.0 Å². The number of phenolic OH excluding ortho intramolecular Hbond substituents is 1. The van der Waals surface area contributed by atoms with Gasteiger partial charge in [0, 0.05) is 22.9 Å². The molecule has 0 aliphatic heterocycles. The predicted octanol–water partition coefficient (Wildman–Crippen LogP) is 3.21. The standard InChI is InChI=1S/C16H11N3O5/c20-14-7-11(3-6-13(14)19(22)23)16(21)18-12-4-1-10(2-5-12)15-8-17-9-24-15/h1-9,20H,(H,18,21). The van der Waals surface area contributed by atoms with Gasteiger partial charge in [-0.15, -0.1) is 0 Å². The van der Waals surface area contributed by atoms with Gasteiger partial charge in [0.1, 0.15) is 0 Å². The van der Waals surface area contributed by atoms with Crippen LogP contribution in [-0.2, 0) is 0 Å². The monoisotopic (exact) mass is 325 g/mol. The number of hydrogen-bond donors (Lipinski definition) is 2. The number of aromatic nitrogens is 1. The summed E-state index contributed by atoms with van der Waals surface area (Å²) in [7, 11) is 0. The summed E-state index contributed by atoms with van der Waals surface area (Å²) in [6, 6.07) is 10.3. The first kappa shape index (κ1) is 15.2. The molecule has 8 heteroatoms. The quantitative estimate of drug-likeness (QED) is 0.561. The van der Waals surface area contributed by atoms with Crippen molar-refractivity contribution in [1.82, 2.24) is 4.98 Å². The maximum absolute atomic E-state index is 12.1. The second-order valence-corrected chi connectivity index (χ2v) is 4.86. The van der Waals surface area contributed by atoms with E-state index < -0.39 is 22.3 Å². The Bertz CT molecular complexity index is 889. The zero-order chi connectivity index (χ0) is 17.1. The molecule has 2 aromatic carbocycles. The lowest BCUT2D eigenvalue weighted by Crippen LogP contribution is -2.11. The molecule has 0 atom stereocenters. The molecule has 24 heavy (non-hydrogen) atoms. The summed E-state index contributed by atoms with van der Waals surface area (Å²) in [6.07, 6.45) is 2.90. The summed E-state index contributed by atoms with van der Waals surface area (Å²) in [5.74, 6) is -0.450. The maximum atomic E-state index is 12.1. The number of nitrogens with one attached hydrogen (secondary N) is 1. The van der Waals surface area contributed by atoms with E-state index in [0.717, 1.165) is 17.7 Å². The summed E-state index contributed by atoms with van der Waals surface area (Å²) < 4.78 is 5.17. The van der Waals surface area contributed by atoms with Crippen molar-refractivity contribution in [2.24, 2.45) is 0 Å². The van der Waals surface area contributed by atoms with Gasteiger partial charge in [0.25, 0.3) is 5.91 Å². The largest absolute Gasteiger partial charge is 0.502 e. The van der Waals surface area contributed by atoms with Gasteiger partial charge >= 0.3 is 5.69 Å². The summed E-state index contributed by atoms with van der Waals surface area (Å²) in [5, 5.41) is 22.9. The molecule has 0 bridgehead atoms. The van der Waals surface area contributed by atoms with Gasteiger partial charge in [0.2, 0.25) is 0 Å². The Hall–Kier alpha value is -3.68. The van der Waals surface area contributed by atoms with Crippen LogP contribution in [-0.4, -0.2) is 20.9 Å². The SMILES string of the molecule is O=C(Nc1ccc(-c2cnco2)cc1)c1ccc([N+](=O)[O-])c(O)c1. The van der Waals surface area contributed by atoms with Crippen LogP contribution in [0.2, 0.25) is 0 Å². The van der Waals surface area contributed by atoms with Gasteiger partial charge in [0.15, 0.2) is 17.9 Å². The second kappa shape index (κ2) is 6.21. The highest BCUT2D eigenvalue weighted by Gasteiger charge is 2.16. The Labute approximate surface area is 135 Å². The summed E-state index contributed by atoms with van der Waals surface area (Å²) >= 11 is 0. The maximum Gasteiger partial charge on any atom is 0.310 e. The third-order valence-electron chi connectivity index (χ3n) is 3.29. The number of amides is 1. The Morgan fingerprint density at radius 1 is 1.21 bits per heavy atom. The van der Waals surface area contributed by atoms with Gasteiger partial charge in [-0.2, -0.15) is 0 Å². The van der Waals surface area contributed by atoms with E-state index in [2.05, 4.69) is 10.3 Å². The van der Waals surface area contributed by atoms with Gasteiger partial charge in [-0.3, -0.25) is 14.9 Å². The fourth-order valence-electron chi connectivity index (χ4n) is 2.10. The van der Waals surface area contributed by atoms with Crippen LogP contribution in [0, 0.1) is 10.1 Å². The van der Waals surface area contributed by atoms with Gasteiger partial charge < -0.3 is 14.8 Å². The zero-order valence-electron chi connectivity index (χ0n) is 12.2. The molecule has 0 spiro atoms. The molecule has 8 nitrogen and oxygen atoms in total. The zero-order valence-corrected chi connectivity index (χ0v) is 12.2. The Morgan fingerprint density at radius 3 is 2.54 bits per heavy atom. The van der Waals surface area contributed by atoms with E-state index in [1.54, 1.807) is 30.5 Å². The average molecular weight is 325 g/mol. The number of benzene rings is 2. The molecule has 0 radical (unpaired) electrons. The van der Waals surface area contributed by atoms with Crippen molar-refractivity contribution in [3.63, 3.8) is 0 Å². The van der Waals surface area contributed by atoms with Crippen molar-refractivity contribution in [2.45, 2.75) is 0 Å². The molecule has 1 heterocycles. The summed E-state index contributed by atoms with van der Waals surface area (Å²) in [4.78, 5) is 25.9. The van der Waals surface area contributed by atoms with Crippen molar-refractivity contribution in [1.29, 1.82) is 0 Å². The van der Waals surface area contributed by atoms with Crippen molar-refractivity contribution in [3.05, 3.63) is 70.7 Å². The first-order chi connectivity index (χ1) is 11.5. The van der Waals surface area contributed by atoms with Crippen molar-refractivity contribution in [2.75, 3.05) is 5.32 Å². The molecule has 0 fully saturated rings. The number of aromatic hydroxyl groups is 1. The third kappa shape index (κ3) is 3.07. The molecule has 2 N–H and O–H groups in total. The Morgan fingerprint density at radius 2 is 1.96 bits per heavy atom. The number of carbonyl (C=O) groups excluding carboxylic acids is 1. The number of phenols is 1. The number of rotatable bonds is 4.